The third-order valence-corrected chi connectivity index (χ3v) is 16.7. The highest BCUT2D eigenvalue weighted by atomic mass is 33.2. The zero-order valence-electron chi connectivity index (χ0n) is 16.6. The number of rotatable bonds is 3. The molecule has 2 atom stereocenters. The minimum atomic E-state index is -2.42. The van der Waals surface area contributed by atoms with Crippen LogP contribution in [-0.2, 0) is 16.3 Å². The lowest BCUT2D eigenvalue weighted by atomic mass is 10.0. The summed E-state index contributed by atoms with van der Waals surface area (Å²) in [7, 11) is -1.02. The second-order valence-electron chi connectivity index (χ2n) is 7.04. The molecule has 5 rings (SSSR count). The fraction of sp³-hybridized carbons (Fsp3) is 0.0833. The highest BCUT2D eigenvalue weighted by molar-refractivity contribution is 8.94. The summed E-state index contributed by atoms with van der Waals surface area (Å²) < 4.78 is 13.1. The van der Waals surface area contributed by atoms with Crippen LogP contribution in [0.5, 0.6) is 5.75 Å². The molecule has 6 heteroatoms. The molecule has 0 aromatic heterocycles. The molecule has 0 spiro atoms. The van der Waals surface area contributed by atoms with E-state index >= 15 is 0 Å². The van der Waals surface area contributed by atoms with Crippen molar-refractivity contribution in [3.63, 3.8) is 0 Å². The zero-order valence-corrected chi connectivity index (χ0v) is 20.0. The van der Waals surface area contributed by atoms with Crippen LogP contribution in [0.15, 0.2) is 90.7 Å². The first-order chi connectivity index (χ1) is 14.6. The van der Waals surface area contributed by atoms with Crippen LogP contribution in [0.2, 0.25) is 0 Å². The molecule has 3 aromatic carbocycles. The van der Waals surface area contributed by atoms with Crippen LogP contribution >= 0.6 is 23.8 Å². The average molecular weight is 467 g/mol. The zero-order chi connectivity index (χ0) is 20.7. The summed E-state index contributed by atoms with van der Waals surface area (Å²) in [6.07, 6.45) is 4.02. The average Bonchev–Trinajstić information content (AvgIpc) is 2.78. The minimum Gasteiger partial charge on any atom is -0.457 e. The molecule has 0 amide bonds. The van der Waals surface area contributed by atoms with Gasteiger partial charge in [0.15, 0.2) is 7.35 Å². The minimum absolute atomic E-state index is 0.868. The number of para-hydroxylation sites is 1. The smallest absolute Gasteiger partial charge is 0.204 e. The molecule has 0 bridgehead atoms. The Labute approximate surface area is 187 Å². The lowest BCUT2D eigenvalue weighted by Crippen LogP contribution is -2.17. The maximum Gasteiger partial charge on any atom is 0.204 e. The van der Waals surface area contributed by atoms with Crippen LogP contribution in [0, 0.1) is 0 Å². The van der Waals surface area contributed by atoms with Gasteiger partial charge in [-0.1, -0.05) is 60.7 Å². The number of fused-ring (bicyclic) bond motifs is 4. The summed E-state index contributed by atoms with van der Waals surface area (Å²) >= 11 is 7.98. The van der Waals surface area contributed by atoms with Crippen molar-refractivity contribution in [2.75, 3.05) is 0 Å². The molecule has 2 aliphatic rings. The molecular weight excluding hydrogens is 446 g/mol. The van der Waals surface area contributed by atoms with E-state index in [9.17, 15) is 0 Å². The van der Waals surface area contributed by atoms with Gasteiger partial charge in [-0.3, -0.25) is 0 Å². The Hall–Kier alpha value is -1.83. The van der Waals surface area contributed by atoms with Crippen molar-refractivity contribution in [1.82, 2.24) is 0 Å². The summed E-state index contributed by atoms with van der Waals surface area (Å²) in [6.45, 7) is 4.11. The molecule has 0 saturated carbocycles. The van der Waals surface area contributed by atoms with Gasteiger partial charge >= 0.3 is 0 Å². The molecule has 2 nitrogen and oxygen atoms in total. The third-order valence-electron chi connectivity index (χ3n) is 5.15. The Balaban J connectivity index is 1.60. The molecule has 150 valence electrons. The van der Waals surface area contributed by atoms with Gasteiger partial charge in [0, 0.05) is 16.2 Å². The van der Waals surface area contributed by atoms with E-state index in [0.29, 0.717) is 0 Å². The van der Waals surface area contributed by atoms with Crippen LogP contribution in [0.4, 0.5) is 0 Å². The highest BCUT2D eigenvalue weighted by Crippen LogP contribution is 2.76. The SMILES string of the molecule is CC=CC1=C(C)c2ccccc2P(=S)(SP2Oc3ccccc3-c3ccccc32)O1. The summed E-state index contributed by atoms with van der Waals surface area (Å²) in [5.41, 5.74) is 2.27. The third kappa shape index (κ3) is 3.37. The van der Waals surface area contributed by atoms with Crippen molar-refractivity contribution in [1.29, 1.82) is 0 Å². The maximum atomic E-state index is 6.58. The lowest BCUT2D eigenvalue weighted by Gasteiger charge is -2.35. The second-order valence-corrected chi connectivity index (χ2v) is 16.8. The van der Waals surface area contributed by atoms with E-state index in [1.807, 2.05) is 31.2 Å². The fourth-order valence-electron chi connectivity index (χ4n) is 3.70. The summed E-state index contributed by atoms with van der Waals surface area (Å²) in [6, 6.07) is 25.1. The molecule has 2 heterocycles. The van der Waals surface area contributed by atoms with Gasteiger partial charge in [0.05, 0.1) is 0 Å². The molecule has 2 aliphatic heterocycles. The van der Waals surface area contributed by atoms with E-state index in [4.69, 9.17) is 20.9 Å². The van der Waals surface area contributed by atoms with Crippen molar-refractivity contribution in [3.05, 3.63) is 96.3 Å². The first-order valence-corrected chi connectivity index (χ1v) is 15.7. The van der Waals surface area contributed by atoms with Crippen molar-refractivity contribution in [3.8, 4) is 16.9 Å². The number of allylic oxidation sites excluding steroid dienone is 3. The molecule has 30 heavy (non-hydrogen) atoms. The monoisotopic (exact) mass is 466 g/mol. The van der Waals surface area contributed by atoms with Crippen molar-refractivity contribution in [2.45, 2.75) is 13.8 Å². The Kier molecular flexibility index (Phi) is 5.37. The first kappa shape index (κ1) is 20.1. The Morgan fingerprint density at radius 3 is 2.37 bits per heavy atom. The van der Waals surface area contributed by atoms with Crippen LogP contribution in [0.1, 0.15) is 19.4 Å². The van der Waals surface area contributed by atoms with Crippen LogP contribution < -0.4 is 15.1 Å². The van der Waals surface area contributed by atoms with E-state index in [1.165, 1.54) is 16.4 Å². The summed E-state index contributed by atoms with van der Waals surface area (Å²) in [5, 5.41) is 2.33. The first-order valence-electron chi connectivity index (χ1n) is 9.70. The second kappa shape index (κ2) is 8.02. The van der Waals surface area contributed by atoms with Gasteiger partial charge in [-0.05, 0) is 77.6 Å². The number of hydrogen-bond donors (Lipinski definition) is 0. The molecule has 0 radical (unpaired) electrons. The fourth-order valence-corrected chi connectivity index (χ4v) is 15.6. The van der Waals surface area contributed by atoms with E-state index in [0.717, 1.165) is 27.9 Å². The molecule has 0 saturated heterocycles. The van der Waals surface area contributed by atoms with Crippen molar-refractivity contribution >= 4 is 51.8 Å². The van der Waals surface area contributed by atoms with Gasteiger partial charge < -0.3 is 9.05 Å². The summed E-state index contributed by atoms with van der Waals surface area (Å²) in [4.78, 5) is 0. The molecule has 0 aliphatic carbocycles. The Morgan fingerprint density at radius 2 is 1.57 bits per heavy atom. The molecule has 0 fully saturated rings. The van der Waals surface area contributed by atoms with E-state index in [1.54, 1.807) is 11.0 Å². The number of hydrogen-bond acceptors (Lipinski definition) is 4. The van der Waals surface area contributed by atoms with E-state index < -0.39 is 12.8 Å². The Morgan fingerprint density at radius 1 is 0.900 bits per heavy atom. The van der Waals surface area contributed by atoms with Gasteiger partial charge in [0.1, 0.15) is 11.5 Å². The highest BCUT2D eigenvalue weighted by Gasteiger charge is 2.38. The molecular formula is C24H20O2P2S2. The topological polar surface area (TPSA) is 18.5 Å². The quantitative estimate of drug-likeness (QED) is 0.375. The van der Waals surface area contributed by atoms with E-state index in [2.05, 4.69) is 67.6 Å². The van der Waals surface area contributed by atoms with Crippen LogP contribution in [0.3, 0.4) is 0 Å². The lowest BCUT2D eigenvalue weighted by molar-refractivity contribution is 0.508. The predicted octanol–water partition coefficient (Wildman–Crippen LogP) is 7.39. The molecule has 2 unspecified atom stereocenters. The maximum absolute atomic E-state index is 6.58. The van der Waals surface area contributed by atoms with Gasteiger partial charge in [-0.2, -0.15) is 0 Å². The largest absolute Gasteiger partial charge is 0.457 e. The molecule has 0 N–H and O–H groups in total. The van der Waals surface area contributed by atoms with Crippen LogP contribution in [-0.4, -0.2) is 0 Å². The van der Waals surface area contributed by atoms with Gasteiger partial charge in [0.25, 0.3) is 0 Å². The van der Waals surface area contributed by atoms with Crippen LogP contribution in [0.25, 0.3) is 16.7 Å². The normalized spacial score (nSPS) is 22.0. The van der Waals surface area contributed by atoms with E-state index in [-0.39, 0.29) is 0 Å². The van der Waals surface area contributed by atoms with Crippen molar-refractivity contribution < 1.29 is 9.05 Å². The number of benzene rings is 3. The van der Waals surface area contributed by atoms with Crippen molar-refractivity contribution in [2.24, 2.45) is 0 Å². The molecule has 3 aromatic rings. The van der Waals surface area contributed by atoms with Gasteiger partial charge in [0.2, 0.25) is 5.47 Å². The van der Waals surface area contributed by atoms with Gasteiger partial charge in [-0.15, -0.1) is 0 Å². The standard InChI is InChI=1S/C24H20O2P2S2/c1-3-10-21-17(2)18-11-6-9-16-24(18)28(29,26-21)30-27-23-15-8-5-13-20(23)19-12-4-7-14-22(19)25-27/h3-16H,1-2H3. The predicted molar refractivity (Wildman–Crippen MR) is 136 cm³/mol. The Bertz CT molecular complexity index is 1250. The summed E-state index contributed by atoms with van der Waals surface area (Å²) in [5.74, 6) is 1.79. The van der Waals surface area contributed by atoms with Gasteiger partial charge in [-0.25, -0.2) is 0 Å².